The topological polar surface area (TPSA) is 64.9 Å². The molecule has 2 aromatic rings. The first-order chi connectivity index (χ1) is 8.99. The fourth-order valence-corrected chi connectivity index (χ4v) is 2.42. The van der Waals surface area contributed by atoms with E-state index in [0.717, 1.165) is 16.7 Å². The van der Waals surface area contributed by atoms with Gasteiger partial charge in [-0.2, -0.15) is 0 Å². The van der Waals surface area contributed by atoms with Crippen LogP contribution in [0.4, 0.5) is 5.82 Å². The van der Waals surface area contributed by atoms with E-state index in [2.05, 4.69) is 4.98 Å². The van der Waals surface area contributed by atoms with Gasteiger partial charge in [0, 0.05) is 17.8 Å². The molecule has 4 N–H and O–H groups in total. The number of nitrogens with two attached hydrogens (primary N) is 2. The Kier molecular flexibility index (Phi) is 4.30. The molecule has 1 aromatic heterocycles. The van der Waals surface area contributed by atoms with Crippen molar-refractivity contribution in [2.75, 3.05) is 5.73 Å². The van der Waals surface area contributed by atoms with Crippen LogP contribution < -0.4 is 11.5 Å². The highest BCUT2D eigenvalue weighted by Crippen LogP contribution is 2.27. The molecule has 100 valence electrons. The number of anilines is 1. The molecule has 1 atom stereocenters. The number of nitrogens with zero attached hydrogens (tertiary/aromatic N) is 1. The van der Waals surface area contributed by atoms with Gasteiger partial charge in [0.15, 0.2) is 0 Å². The van der Waals surface area contributed by atoms with E-state index in [1.807, 2.05) is 25.1 Å². The molecule has 1 unspecified atom stereocenters. The summed E-state index contributed by atoms with van der Waals surface area (Å²) in [5.41, 5.74) is 15.1. The lowest BCUT2D eigenvalue weighted by Gasteiger charge is -2.16. The van der Waals surface area contributed by atoms with E-state index in [1.54, 1.807) is 12.3 Å². The lowest BCUT2D eigenvalue weighted by Crippen LogP contribution is -2.17. The number of benzene rings is 1. The van der Waals surface area contributed by atoms with Crippen molar-refractivity contribution in [2.24, 2.45) is 5.73 Å². The summed E-state index contributed by atoms with van der Waals surface area (Å²) >= 11 is 11.9. The lowest BCUT2D eigenvalue weighted by atomic mass is 9.97. The molecule has 19 heavy (non-hydrogen) atoms. The normalized spacial score (nSPS) is 12.4. The van der Waals surface area contributed by atoms with Crippen LogP contribution in [-0.2, 0) is 6.42 Å². The van der Waals surface area contributed by atoms with Crippen LogP contribution in [0, 0.1) is 6.92 Å². The minimum atomic E-state index is -0.217. The molecule has 2 rings (SSSR count). The molecule has 0 aliphatic rings. The molecule has 0 aliphatic carbocycles. The Bertz CT molecular complexity index is 579. The maximum Gasteiger partial charge on any atom is 0.128 e. The standard InChI is InChI=1S/C14H15Cl2N3/c1-8-4-5-19-14(18)13(8)12(17)7-9-2-3-10(15)11(16)6-9/h2-6,12H,7,17H2,1H3,(H2,18,19). The van der Waals surface area contributed by atoms with Crippen molar-refractivity contribution in [3.63, 3.8) is 0 Å². The molecule has 0 spiro atoms. The van der Waals surface area contributed by atoms with Gasteiger partial charge in [-0.25, -0.2) is 4.98 Å². The van der Waals surface area contributed by atoms with E-state index >= 15 is 0 Å². The predicted octanol–water partition coefficient (Wildman–Crippen LogP) is 3.52. The van der Waals surface area contributed by atoms with Crippen LogP contribution in [0.2, 0.25) is 10.0 Å². The fourth-order valence-electron chi connectivity index (χ4n) is 2.10. The molecular weight excluding hydrogens is 281 g/mol. The zero-order valence-corrected chi connectivity index (χ0v) is 12.0. The number of hydrogen-bond acceptors (Lipinski definition) is 3. The first-order valence-corrected chi connectivity index (χ1v) is 6.65. The van der Waals surface area contributed by atoms with Gasteiger partial charge in [0.25, 0.3) is 0 Å². The van der Waals surface area contributed by atoms with Gasteiger partial charge in [0.1, 0.15) is 5.82 Å². The summed E-state index contributed by atoms with van der Waals surface area (Å²) in [5.74, 6) is 0.479. The number of rotatable bonds is 3. The first kappa shape index (κ1) is 14.1. The van der Waals surface area contributed by atoms with Crippen molar-refractivity contribution >= 4 is 29.0 Å². The van der Waals surface area contributed by atoms with Gasteiger partial charge in [-0.05, 0) is 42.7 Å². The predicted molar refractivity (Wildman–Crippen MR) is 80.5 cm³/mol. The van der Waals surface area contributed by atoms with Crippen molar-refractivity contribution in [1.82, 2.24) is 4.98 Å². The van der Waals surface area contributed by atoms with Crippen LogP contribution in [-0.4, -0.2) is 4.98 Å². The number of halogens is 2. The van der Waals surface area contributed by atoms with Crippen molar-refractivity contribution in [2.45, 2.75) is 19.4 Å². The average molecular weight is 296 g/mol. The molecule has 0 amide bonds. The van der Waals surface area contributed by atoms with Gasteiger partial charge in [-0.15, -0.1) is 0 Å². The molecule has 1 heterocycles. The van der Waals surface area contributed by atoms with Crippen LogP contribution in [0.15, 0.2) is 30.5 Å². The van der Waals surface area contributed by atoms with Crippen LogP contribution in [0.25, 0.3) is 0 Å². The third-order valence-corrected chi connectivity index (χ3v) is 3.79. The monoisotopic (exact) mass is 295 g/mol. The molecule has 0 aliphatic heterocycles. The summed E-state index contributed by atoms with van der Waals surface area (Å²) in [6.45, 7) is 1.97. The summed E-state index contributed by atoms with van der Waals surface area (Å²) < 4.78 is 0. The highest BCUT2D eigenvalue weighted by Gasteiger charge is 2.14. The Labute approximate surface area is 122 Å². The van der Waals surface area contributed by atoms with Gasteiger partial charge in [-0.3, -0.25) is 0 Å². The molecule has 1 aromatic carbocycles. The highest BCUT2D eigenvalue weighted by molar-refractivity contribution is 6.42. The second kappa shape index (κ2) is 5.78. The molecule has 5 heteroatoms. The first-order valence-electron chi connectivity index (χ1n) is 5.89. The maximum absolute atomic E-state index is 6.22. The summed E-state index contributed by atoms with van der Waals surface area (Å²) in [6, 6.07) is 7.19. The molecule has 0 bridgehead atoms. The average Bonchev–Trinajstić information content (AvgIpc) is 2.33. The van der Waals surface area contributed by atoms with Crippen LogP contribution in [0.3, 0.4) is 0 Å². The highest BCUT2D eigenvalue weighted by atomic mass is 35.5. The minimum absolute atomic E-state index is 0.217. The van der Waals surface area contributed by atoms with Crippen LogP contribution >= 0.6 is 23.2 Å². The van der Waals surface area contributed by atoms with Crippen molar-refractivity contribution < 1.29 is 0 Å². The second-order valence-electron chi connectivity index (χ2n) is 4.49. The number of pyridine rings is 1. The zero-order valence-electron chi connectivity index (χ0n) is 10.5. The Morgan fingerprint density at radius 1 is 1.21 bits per heavy atom. The Hall–Kier alpha value is -1.29. The fraction of sp³-hybridized carbons (Fsp3) is 0.214. The van der Waals surface area contributed by atoms with Gasteiger partial charge in [0.2, 0.25) is 0 Å². The molecule has 0 saturated heterocycles. The van der Waals surface area contributed by atoms with E-state index in [9.17, 15) is 0 Å². The second-order valence-corrected chi connectivity index (χ2v) is 5.30. The summed E-state index contributed by atoms with van der Waals surface area (Å²) in [5, 5.41) is 1.07. The maximum atomic E-state index is 6.22. The summed E-state index contributed by atoms with van der Waals surface area (Å²) in [4.78, 5) is 4.08. The summed E-state index contributed by atoms with van der Waals surface area (Å²) in [7, 11) is 0. The van der Waals surface area contributed by atoms with E-state index in [4.69, 9.17) is 34.7 Å². The number of nitrogen functional groups attached to an aromatic ring is 1. The lowest BCUT2D eigenvalue weighted by molar-refractivity contribution is 0.716. The van der Waals surface area contributed by atoms with Gasteiger partial charge < -0.3 is 11.5 Å². The van der Waals surface area contributed by atoms with E-state index < -0.39 is 0 Å². The Morgan fingerprint density at radius 2 is 1.95 bits per heavy atom. The molecule has 0 saturated carbocycles. The van der Waals surface area contributed by atoms with Gasteiger partial charge in [0.05, 0.1) is 10.0 Å². The van der Waals surface area contributed by atoms with Crippen LogP contribution in [0.1, 0.15) is 22.7 Å². The zero-order chi connectivity index (χ0) is 14.0. The largest absolute Gasteiger partial charge is 0.383 e. The van der Waals surface area contributed by atoms with Gasteiger partial charge >= 0.3 is 0 Å². The Balaban J connectivity index is 2.25. The van der Waals surface area contributed by atoms with E-state index in [-0.39, 0.29) is 6.04 Å². The van der Waals surface area contributed by atoms with E-state index in [1.165, 1.54) is 0 Å². The SMILES string of the molecule is Cc1ccnc(N)c1C(N)Cc1ccc(Cl)c(Cl)c1. The summed E-state index contributed by atoms with van der Waals surface area (Å²) in [6.07, 6.45) is 2.31. The smallest absolute Gasteiger partial charge is 0.128 e. The molecular formula is C14H15Cl2N3. The minimum Gasteiger partial charge on any atom is -0.383 e. The van der Waals surface area contributed by atoms with E-state index in [0.29, 0.717) is 22.3 Å². The molecule has 0 radical (unpaired) electrons. The number of aromatic nitrogens is 1. The third-order valence-electron chi connectivity index (χ3n) is 3.05. The number of aryl methyl sites for hydroxylation is 1. The Morgan fingerprint density at radius 3 is 2.58 bits per heavy atom. The molecule has 0 fully saturated rings. The van der Waals surface area contributed by atoms with Gasteiger partial charge in [-0.1, -0.05) is 29.3 Å². The third kappa shape index (κ3) is 3.18. The molecule has 3 nitrogen and oxygen atoms in total. The quantitative estimate of drug-likeness (QED) is 0.910. The van der Waals surface area contributed by atoms with Crippen LogP contribution in [0.5, 0.6) is 0 Å². The van der Waals surface area contributed by atoms with Crippen molar-refractivity contribution in [1.29, 1.82) is 0 Å². The number of hydrogen-bond donors (Lipinski definition) is 2. The van der Waals surface area contributed by atoms with Crippen molar-refractivity contribution in [3.8, 4) is 0 Å². The van der Waals surface area contributed by atoms with Crippen molar-refractivity contribution in [3.05, 3.63) is 57.2 Å².